The summed E-state index contributed by atoms with van der Waals surface area (Å²) in [6.07, 6.45) is 9.37. The molecule has 0 bridgehead atoms. The van der Waals surface area contributed by atoms with Gasteiger partial charge in [-0.2, -0.15) is 0 Å². The molecular formula is C10H13NO. The topological polar surface area (TPSA) is 43.1 Å². The van der Waals surface area contributed by atoms with E-state index in [2.05, 4.69) is 0 Å². The molecule has 0 aromatic carbocycles. The molecule has 2 heteroatoms. The van der Waals surface area contributed by atoms with Gasteiger partial charge in [-0.05, 0) is 13.8 Å². The molecular weight excluding hydrogens is 150 g/mol. The third kappa shape index (κ3) is 1.33. The maximum Gasteiger partial charge on any atom is 0.231 e. The number of allylic oxidation sites excluding steroid dienone is 4. The number of primary amides is 1. The first-order valence-electron chi connectivity index (χ1n) is 3.90. The smallest absolute Gasteiger partial charge is 0.231 e. The van der Waals surface area contributed by atoms with E-state index >= 15 is 0 Å². The zero-order valence-corrected chi connectivity index (χ0v) is 7.37. The molecule has 0 radical (unpaired) electrons. The Morgan fingerprint density at radius 2 is 2.08 bits per heavy atom. The van der Waals surface area contributed by atoms with Crippen molar-refractivity contribution in [1.29, 1.82) is 0 Å². The Hall–Kier alpha value is -1.31. The fourth-order valence-electron chi connectivity index (χ4n) is 1.09. The Labute approximate surface area is 72.5 Å². The molecule has 1 unspecified atom stereocenters. The predicted molar refractivity (Wildman–Crippen MR) is 49.3 cm³/mol. The van der Waals surface area contributed by atoms with Crippen LogP contribution in [0, 0.1) is 5.41 Å². The largest absolute Gasteiger partial charge is 0.369 e. The van der Waals surface area contributed by atoms with Crippen molar-refractivity contribution >= 4 is 5.91 Å². The van der Waals surface area contributed by atoms with Crippen LogP contribution >= 0.6 is 0 Å². The quantitative estimate of drug-likeness (QED) is 0.626. The zero-order chi connectivity index (χ0) is 9.19. The van der Waals surface area contributed by atoms with E-state index in [4.69, 9.17) is 5.73 Å². The van der Waals surface area contributed by atoms with E-state index in [0.29, 0.717) is 0 Å². The van der Waals surface area contributed by atoms with E-state index in [1.54, 1.807) is 0 Å². The van der Waals surface area contributed by atoms with Gasteiger partial charge in [0.05, 0.1) is 5.41 Å². The molecule has 12 heavy (non-hydrogen) atoms. The van der Waals surface area contributed by atoms with Crippen molar-refractivity contribution in [2.75, 3.05) is 0 Å². The van der Waals surface area contributed by atoms with Crippen LogP contribution in [0.25, 0.3) is 0 Å². The highest BCUT2D eigenvalue weighted by Gasteiger charge is 2.29. The Morgan fingerprint density at radius 1 is 1.42 bits per heavy atom. The Bertz CT molecular complexity index is 286. The summed E-state index contributed by atoms with van der Waals surface area (Å²) in [6.45, 7) is 3.73. The Kier molecular flexibility index (Phi) is 2.18. The monoisotopic (exact) mass is 163 g/mol. The van der Waals surface area contributed by atoms with Crippen molar-refractivity contribution in [1.82, 2.24) is 0 Å². The lowest BCUT2D eigenvalue weighted by molar-refractivity contribution is -0.123. The van der Waals surface area contributed by atoms with Crippen LogP contribution in [0.4, 0.5) is 0 Å². The Balaban J connectivity index is 3.12. The van der Waals surface area contributed by atoms with E-state index in [0.717, 1.165) is 5.57 Å². The van der Waals surface area contributed by atoms with Gasteiger partial charge in [0.25, 0.3) is 0 Å². The summed E-state index contributed by atoms with van der Waals surface area (Å²) in [4.78, 5) is 11.1. The molecule has 1 atom stereocenters. The molecule has 1 aliphatic carbocycles. The summed E-state index contributed by atoms with van der Waals surface area (Å²) in [5.41, 5.74) is 5.65. The van der Waals surface area contributed by atoms with Crippen molar-refractivity contribution in [3.63, 3.8) is 0 Å². The first kappa shape index (κ1) is 8.78. The second kappa shape index (κ2) is 2.97. The second-order valence-corrected chi connectivity index (χ2v) is 3.16. The third-order valence-corrected chi connectivity index (χ3v) is 2.33. The molecule has 2 N–H and O–H groups in total. The van der Waals surface area contributed by atoms with Gasteiger partial charge in [-0.25, -0.2) is 0 Å². The third-order valence-electron chi connectivity index (χ3n) is 2.33. The first-order chi connectivity index (χ1) is 5.57. The molecule has 0 saturated heterocycles. The maximum atomic E-state index is 11.1. The molecule has 0 heterocycles. The average molecular weight is 163 g/mol. The summed E-state index contributed by atoms with van der Waals surface area (Å²) in [5.74, 6) is -0.309. The molecule has 0 aromatic rings. The Morgan fingerprint density at radius 3 is 2.67 bits per heavy atom. The number of carbonyl (C=O) groups is 1. The molecule has 1 rings (SSSR count). The highest BCUT2D eigenvalue weighted by molar-refractivity contribution is 5.86. The second-order valence-electron chi connectivity index (χ2n) is 3.16. The summed E-state index contributed by atoms with van der Waals surface area (Å²) >= 11 is 0. The molecule has 0 saturated carbocycles. The number of amides is 1. The average Bonchev–Trinajstić information content (AvgIpc) is 2.16. The van der Waals surface area contributed by atoms with E-state index < -0.39 is 5.41 Å². The van der Waals surface area contributed by atoms with Gasteiger partial charge in [0, 0.05) is 0 Å². The number of rotatable bonds is 1. The summed E-state index contributed by atoms with van der Waals surface area (Å²) in [7, 11) is 0. The van der Waals surface area contributed by atoms with Gasteiger partial charge in [-0.15, -0.1) is 0 Å². The maximum absolute atomic E-state index is 11.1. The molecule has 1 amide bonds. The lowest BCUT2D eigenvalue weighted by Gasteiger charge is -2.22. The van der Waals surface area contributed by atoms with E-state index in [1.807, 2.05) is 44.2 Å². The van der Waals surface area contributed by atoms with Crippen LogP contribution in [0.3, 0.4) is 0 Å². The lowest BCUT2D eigenvalue weighted by Crippen LogP contribution is -2.33. The predicted octanol–water partition coefficient (Wildman–Crippen LogP) is 1.55. The molecule has 0 aromatic heterocycles. The van der Waals surface area contributed by atoms with Gasteiger partial charge in [0.1, 0.15) is 0 Å². The van der Waals surface area contributed by atoms with Crippen LogP contribution in [-0.4, -0.2) is 5.91 Å². The fourth-order valence-corrected chi connectivity index (χ4v) is 1.09. The lowest BCUT2D eigenvalue weighted by atomic mass is 9.82. The highest BCUT2D eigenvalue weighted by atomic mass is 16.1. The molecule has 1 aliphatic rings. The van der Waals surface area contributed by atoms with E-state index in [1.165, 1.54) is 0 Å². The normalized spacial score (nSPS) is 28.0. The fraction of sp³-hybridized carbons (Fsp3) is 0.300. The van der Waals surface area contributed by atoms with Gasteiger partial charge < -0.3 is 5.73 Å². The number of hydrogen-bond acceptors (Lipinski definition) is 1. The van der Waals surface area contributed by atoms with Crippen molar-refractivity contribution in [2.45, 2.75) is 13.8 Å². The van der Waals surface area contributed by atoms with E-state index in [9.17, 15) is 4.79 Å². The van der Waals surface area contributed by atoms with Gasteiger partial charge in [-0.3, -0.25) is 4.79 Å². The number of nitrogens with two attached hydrogens (primary N) is 1. The van der Waals surface area contributed by atoms with E-state index in [-0.39, 0.29) is 5.91 Å². The van der Waals surface area contributed by atoms with Crippen LogP contribution in [0.5, 0.6) is 0 Å². The zero-order valence-electron chi connectivity index (χ0n) is 7.37. The van der Waals surface area contributed by atoms with Crippen LogP contribution in [0.1, 0.15) is 13.8 Å². The van der Waals surface area contributed by atoms with Gasteiger partial charge in [-0.1, -0.05) is 36.0 Å². The molecule has 64 valence electrons. The van der Waals surface area contributed by atoms with Gasteiger partial charge in [0.15, 0.2) is 0 Å². The SMILES string of the molecule is CC1=CC=CC=CC1(C)C(N)=O. The summed E-state index contributed by atoms with van der Waals surface area (Å²) < 4.78 is 0. The summed E-state index contributed by atoms with van der Waals surface area (Å²) in [6, 6.07) is 0. The minimum Gasteiger partial charge on any atom is -0.369 e. The molecule has 2 nitrogen and oxygen atoms in total. The minimum absolute atomic E-state index is 0.309. The van der Waals surface area contributed by atoms with Gasteiger partial charge >= 0.3 is 0 Å². The first-order valence-corrected chi connectivity index (χ1v) is 3.90. The molecule has 0 fully saturated rings. The standard InChI is InChI=1S/C10H13NO/c1-8-6-4-3-5-7-10(8,2)9(11)12/h3-7H,1-2H3,(H2,11,12). The van der Waals surface area contributed by atoms with Crippen LogP contribution in [-0.2, 0) is 4.79 Å². The minimum atomic E-state index is -0.622. The van der Waals surface area contributed by atoms with Gasteiger partial charge in [0.2, 0.25) is 5.91 Å². The van der Waals surface area contributed by atoms with Crippen molar-refractivity contribution < 1.29 is 4.79 Å². The van der Waals surface area contributed by atoms with Crippen molar-refractivity contribution in [2.24, 2.45) is 11.1 Å². The molecule has 0 aliphatic heterocycles. The van der Waals surface area contributed by atoms with Crippen molar-refractivity contribution in [3.8, 4) is 0 Å². The highest BCUT2D eigenvalue weighted by Crippen LogP contribution is 2.29. The van der Waals surface area contributed by atoms with Crippen LogP contribution < -0.4 is 5.73 Å². The van der Waals surface area contributed by atoms with Crippen LogP contribution in [0.2, 0.25) is 0 Å². The van der Waals surface area contributed by atoms with Crippen LogP contribution in [0.15, 0.2) is 36.0 Å². The number of hydrogen-bond donors (Lipinski definition) is 1. The number of carbonyl (C=O) groups excluding carboxylic acids is 1. The van der Waals surface area contributed by atoms with Crippen molar-refractivity contribution in [3.05, 3.63) is 36.0 Å². The molecule has 0 spiro atoms. The summed E-state index contributed by atoms with van der Waals surface area (Å²) in [5, 5.41) is 0.